The number of nitriles is 1. The minimum absolute atomic E-state index is 0.0598. The maximum Gasteiger partial charge on any atom is 0.274 e. The number of aryl methyl sites for hydroxylation is 1. The van der Waals surface area contributed by atoms with Crippen molar-refractivity contribution in [3.8, 4) is 6.07 Å². The summed E-state index contributed by atoms with van der Waals surface area (Å²) in [5.41, 5.74) is 0.919. The predicted octanol–water partition coefficient (Wildman–Crippen LogP) is 1.16. The first-order valence-electron chi connectivity index (χ1n) is 7.97. The average molecular weight is 357 g/mol. The van der Waals surface area contributed by atoms with E-state index < -0.39 is 0 Å². The van der Waals surface area contributed by atoms with Crippen molar-refractivity contribution in [1.29, 1.82) is 5.26 Å². The monoisotopic (exact) mass is 357 g/mol. The van der Waals surface area contributed by atoms with Crippen LogP contribution < -0.4 is 4.90 Å². The quantitative estimate of drug-likeness (QED) is 0.601. The molecule has 0 N–H and O–H groups in total. The number of hydrogen-bond donors (Lipinski definition) is 0. The van der Waals surface area contributed by atoms with Gasteiger partial charge in [-0.05, 0) is 18.7 Å². The zero-order valence-corrected chi connectivity index (χ0v) is 15.0. The summed E-state index contributed by atoms with van der Waals surface area (Å²) in [6.45, 7) is 2.59. The van der Waals surface area contributed by atoms with Crippen LogP contribution in [0.15, 0.2) is 23.6 Å². The maximum absolute atomic E-state index is 12.6. The average Bonchev–Trinajstić information content (AvgIpc) is 2.93. The normalized spacial score (nSPS) is 14.9. The number of carbonyl (C=O) groups is 1. The van der Waals surface area contributed by atoms with Gasteiger partial charge in [0, 0.05) is 39.4 Å². The van der Waals surface area contributed by atoms with Gasteiger partial charge in [-0.3, -0.25) is 9.48 Å². The second-order valence-corrected chi connectivity index (χ2v) is 6.49. The summed E-state index contributed by atoms with van der Waals surface area (Å²) in [5, 5.41) is 14.2. The molecule has 0 saturated carbocycles. The van der Waals surface area contributed by atoms with Gasteiger partial charge < -0.3 is 9.80 Å². The largest absolute Gasteiger partial charge is 0.354 e. The number of thioether (sulfide) groups is 1. The summed E-state index contributed by atoms with van der Waals surface area (Å²) in [7, 11) is 1.79. The van der Waals surface area contributed by atoms with Gasteiger partial charge in [0.1, 0.15) is 17.3 Å². The molecule has 0 unspecified atom stereocenters. The first-order chi connectivity index (χ1) is 12.1. The van der Waals surface area contributed by atoms with Crippen molar-refractivity contribution in [1.82, 2.24) is 24.6 Å². The van der Waals surface area contributed by atoms with Crippen LogP contribution in [0, 0.1) is 11.3 Å². The SMILES string of the molecule is CSc1ncc(C#N)c(N2CCCN(C(=O)c3ccn(C)n3)CC2)n1. The van der Waals surface area contributed by atoms with Crippen LogP contribution >= 0.6 is 11.8 Å². The minimum Gasteiger partial charge on any atom is -0.354 e. The standard InChI is InChI=1S/C16H19N7OS/c1-21-7-4-13(20-21)15(24)23-6-3-5-22(8-9-23)14-12(10-17)11-18-16(19-14)25-2/h4,7,11H,3,5-6,8-9H2,1-2H3. The third kappa shape index (κ3) is 3.74. The van der Waals surface area contributed by atoms with E-state index in [-0.39, 0.29) is 5.91 Å². The van der Waals surface area contributed by atoms with Gasteiger partial charge in [0.2, 0.25) is 0 Å². The van der Waals surface area contributed by atoms with E-state index in [9.17, 15) is 10.1 Å². The Labute approximate surface area is 150 Å². The van der Waals surface area contributed by atoms with Crippen LogP contribution in [0.5, 0.6) is 0 Å². The van der Waals surface area contributed by atoms with Gasteiger partial charge >= 0.3 is 0 Å². The molecule has 25 heavy (non-hydrogen) atoms. The van der Waals surface area contributed by atoms with E-state index in [1.807, 2.05) is 11.2 Å². The van der Waals surface area contributed by atoms with Gasteiger partial charge in [0.25, 0.3) is 5.91 Å². The molecule has 1 saturated heterocycles. The Morgan fingerprint density at radius 3 is 2.84 bits per heavy atom. The lowest BCUT2D eigenvalue weighted by atomic mass is 10.3. The van der Waals surface area contributed by atoms with Crippen molar-refractivity contribution in [3.63, 3.8) is 0 Å². The van der Waals surface area contributed by atoms with Gasteiger partial charge in [-0.15, -0.1) is 0 Å². The van der Waals surface area contributed by atoms with Crippen LogP contribution in [0.1, 0.15) is 22.5 Å². The third-order valence-corrected chi connectivity index (χ3v) is 4.63. The number of nitrogens with zero attached hydrogens (tertiary/aromatic N) is 7. The van der Waals surface area contributed by atoms with E-state index in [0.29, 0.717) is 41.9 Å². The van der Waals surface area contributed by atoms with E-state index in [2.05, 4.69) is 26.0 Å². The summed E-state index contributed by atoms with van der Waals surface area (Å²) >= 11 is 1.44. The zero-order chi connectivity index (χ0) is 17.8. The van der Waals surface area contributed by atoms with Crippen LogP contribution in [0.25, 0.3) is 0 Å². The molecule has 1 aliphatic rings. The molecule has 0 spiro atoms. The Kier molecular flexibility index (Phi) is 5.19. The molecule has 0 aromatic carbocycles. The van der Waals surface area contributed by atoms with Crippen LogP contribution in [-0.4, -0.2) is 63.0 Å². The second kappa shape index (κ2) is 7.53. The number of amides is 1. The van der Waals surface area contributed by atoms with Crippen molar-refractivity contribution in [2.24, 2.45) is 7.05 Å². The van der Waals surface area contributed by atoms with Crippen LogP contribution in [-0.2, 0) is 7.05 Å². The van der Waals surface area contributed by atoms with E-state index in [1.165, 1.54) is 11.8 Å². The molecule has 2 aromatic rings. The van der Waals surface area contributed by atoms with Crippen LogP contribution in [0.3, 0.4) is 0 Å². The molecule has 9 heteroatoms. The van der Waals surface area contributed by atoms with Gasteiger partial charge in [-0.25, -0.2) is 9.97 Å². The Bertz CT molecular complexity index is 813. The Morgan fingerprint density at radius 2 is 2.16 bits per heavy atom. The number of hydrogen-bond acceptors (Lipinski definition) is 7. The molecule has 130 valence electrons. The Balaban J connectivity index is 1.76. The first kappa shape index (κ1) is 17.2. The Hall–Kier alpha value is -2.60. The number of rotatable bonds is 3. The summed E-state index contributed by atoms with van der Waals surface area (Å²) in [4.78, 5) is 25.1. The van der Waals surface area contributed by atoms with Crippen LogP contribution in [0.2, 0.25) is 0 Å². The molecular formula is C16H19N7OS. The maximum atomic E-state index is 12.6. The molecule has 1 amide bonds. The second-order valence-electron chi connectivity index (χ2n) is 5.71. The number of anilines is 1. The molecule has 1 fully saturated rings. The zero-order valence-electron chi connectivity index (χ0n) is 14.2. The van der Waals surface area contributed by atoms with Gasteiger partial charge in [0.15, 0.2) is 11.0 Å². The number of aromatic nitrogens is 4. The highest BCUT2D eigenvalue weighted by Gasteiger charge is 2.24. The highest BCUT2D eigenvalue weighted by molar-refractivity contribution is 7.98. The first-order valence-corrected chi connectivity index (χ1v) is 9.20. The molecule has 0 bridgehead atoms. The molecule has 3 rings (SSSR count). The summed E-state index contributed by atoms with van der Waals surface area (Å²) in [5.74, 6) is 0.587. The highest BCUT2D eigenvalue weighted by atomic mass is 32.2. The lowest BCUT2D eigenvalue weighted by molar-refractivity contribution is 0.0760. The van der Waals surface area contributed by atoms with Gasteiger partial charge in [0.05, 0.1) is 6.20 Å². The molecule has 3 heterocycles. The van der Waals surface area contributed by atoms with Crippen molar-refractivity contribution in [2.75, 3.05) is 37.3 Å². The minimum atomic E-state index is -0.0598. The lowest BCUT2D eigenvalue weighted by Crippen LogP contribution is -2.36. The molecule has 8 nitrogen and oxygen atoms in total. The summed E-state index contributed by atoms with van der Waals surface area (Å²) < 4.78 is 1.63. The summed E-state index contributed by atoms with van der Waals surface area (Å²) in [6.07, 6.45) is 6.04. The van der Waals surface area contributed by atoms with E-state index >= 15 is 0 Å². The molecule has 0 aliphatic carbocycles. The van der Waals surface area contributed by atoms with Gasteiger partial charge in [-0.2, -0.15) is 10.4 Å². The van der Waals surface area contributed by atoms with Crippen LogP contribution in [0.4, 0.5) is 5.82 Å². The van der Waals surface area contributed by atoms with Gasteiger partial charge in [-0.1, -0.05) is 11.8 Å². The summed E-state index contributed by atoms with van der Waals surface area (Å²) in [6, 6.07) is 3.89. The van der Waals surface area contributed by atoms with Crippen molar-refractivity contribution in [2.45, 2.75) is 11.6 Å². The third-order valence-electron chi connectivity index (χ3n) is 4.06. The fourth-order valence-electron chi connectivity index (χ4n) is 2.80. The fraction of sp³-hybridized carbons (Fsp3) is 0.438. The molecular weight excluding hydrogens is 338 g/mol. The number of carbonyl (C=O) groups excluding carboxylic acids is 1. The topological polar surface area (TPSA) is 90.9 Å². The fourth-order valence-corrected chi connectivity index (χ4v) is 3.13. The van der Waals surface area contributed by atoms with E-state index in [4.69, 9.17) is 0 Å². The van der Waals surface area contributed by atoms with E-state index in [1.54, 1.807) is 30.2 Å². The lowest BCUT2D eigenvalue weighted by Gasteiger charge is -2.23. The van der Waals surface area contributed by atoms with E-state index in [0.717, 1.165) is 13.0 Å². The molecule has 2 aromatic heterocycles. The Morgan fingerprint density at radius 1 is 1.32 bits per heavy atom. The molecule has 0 atom stereocenters. The predicted molar refractivity (Wildman–Crippen MR) is 94.5 cm³/mol. The van der Waals surface area contributed by atoms with Crippen molar-refractivity contribution >= 4 is 23.5 Å². The smallest absolute Gasteiger partial charge is 0.274 e. The molecule has 0 radical (unpaired) electrons. The van der Waals surface area contributed by atoms with Crippen molar-refractivity contribution < 1.29 is 4.79 Å². The molecule has 1 aliphatic heterocycles. The highest BCUT2D eigenvalue weighted by Crippen LogP contribution is 2.21. The van der Waals surface area contributed by atoms with Crippen molar-refractivity contribution in [3.05, 3.63) is 29.7 Å².